The van der Waals surface area contributed by atoms with Crippen LogP contribution in [0.4, 0.5) is 0 Å². The average molecular weight is 309 g/mol. The number of thiol groups is 1. The first-order chi connectivity index (χ1) is 10.7. The van der Waals surface area contributed by atoms with Crippen molar-refractivity contribution in [1.82, 2.24) is 9.97 Å². The van der Waals surface area contributed by atoms with Gasteiger partial charge in [0, 0.05) is 5.56 Å². The third kappa shape index (κ3) is 2.89. The number of imidazole rings is 1. The lowest BCUT2D eigenvalue weighted by molar-refractivity contribution is 0.473. The number of H-pyrrole nitrogens is 1. The van der Waals surface area contributed by atoms with Crippen LogP contribution in [0.25, 0.3) is 16.7 Å². The second-order valence-electron chi connectivity index (χ2n) is 4.93. The number of nitrogens with one attached hydrogen (secondary N) is 1. The number of nitrogens with zero attached hydrogens (tertiary/aromatic N) is 2. The van der Waals surface area contributed by atoms with Gasteiger partial charge in [0.1, 0.15) is 11.6 Å². The van der Waals surface area contributed by atoms with Crippen molar-refractivity contribution in [3.05, 3.63) is 64.8 Å². The minimum absolute atomic E-state index is 0.182. The number of fused-ring (bicyclic) bond motifs is 1. The van der Waals surface area contributed by atoms with Crippen molar-refractivity contribution in [2.75, 3.05) is 0 Å². The molecule has 1 heterocycles. The van der Waals surface area contributed by atoms with E-state index < -0.39 is 0 Å². The second-order valence-corrected chi connectivity index (χ2v) is 5.19. The fourth-order valence-corrected chi connectivity index (χ4v) is 2.40. The van der Waals surface area contributed by atoms with Crippen LogP contribution in [0, 0.1) is 6.92 Å². The number of hydrogen-bond acceptors (Lipinski definition) is 4. The van der Waals surface area contributed by atoms with E-state index in [0.717, 1.165) is 16.6 Å². The second kappa shape index (κ2) is 6.07. The third-order valence-corrected chi connectivity index (χ3v) is 3.53. The number of para-hydroxylation sites is 2. The highest BCUT2D eigenvalue weighted by Gasteiger charge is 2.06. The van der Waals surface area contributed by atoms with Crippen LogP contribution < -0.4 is 0 Å². The SMILES string of the molecule is Cc1ccc(/C(=C/S)N=Cc2nc3ccccc3[nH]2)c(O)c1. The van der Waals surface area contributed by atoms with Crippen LogP contribution in [0.5, 0.6) is 5.75 Å². The number of phenolic OH excluding ortho intramolecular Hbond substituents is 1. The van der Waals surface area contributed by atoms with Gasteiger partial charge in [-0.3, -0.25) is 4.99 Å². The van der Waals surface area contributed by atoms with Gasteiger partial charge in [-0.05, 0) is 42.2 Å². The number of aromatic amines is 1. The Bertz CT molecular complexity index is 847. The molecule has 22 heavy (non-hydrogen) atoms. The summed E-state index contributed by atoms with van der Waals surface area (Å²) in [5.74, 6) is 0.836. The lowest BCUT2D eigenvalue weighted by Gasteiger charge is -2.05. The molecule has 5 heteroatoms. The highest BCUT2D eigenvalue weighted by atomic mass is 32.1. The van der Waals surface area contributed by atoms with Gasteiger partial charge >= 0.3 is 0 Å². The Morgan fingerprint density at radius 3 is 2.82 bits per heavy atom. The molecule has 0 amide bonds. The van der Waals surface area contributed by atoms with E-state index in [9.17, 15) is 5.11 Å². The molecule has 0 aliphatic heterocycles. The molecule has 0 saturated heterocycles. The summed E-state index contributed by atoms with van der Waals surface area (Å²) in [5.41, 5.74) is 4.03. The standard InChI is InChI=1S/C17H15N3OS/c1-11-6-7-12(16(21)8-11)15(10-22)18-9-17-19-13-4-2-3-5-14(13)20-17/h2-10,21-22H,1H3,(H,19,20)/b15-10-,18-9?. The summed E-state index contributed by atoms with van der Waals surface area (Å²) < 4.78 is 0. The van der Waals surface area contributed by atoms with E-state index >= 15 is 0 Å². The first-order valence-electron chi connectivity index (χ1n) is 6.80. The maximum Gasteiger partial charge on any atom is 0.149 e. The summed E-state index contributed by atoms with van der Waals surface area (Å²) >= 11 is 4.18. The number of aliphatic imine (C=N–C) groups is 1. The molecule has 4 nitrogen and oxygen atoms in total. The Morgan fingerprint density at radius 1 is 1.27 bits per heavy atom. The number of hydrogen-bond donors (Lipinski definition) is 3. The van der Waals surface area contributed by atoms with Crippen molar-refractivity contribution in [3.63, 3.8) is 0 Å². The van der Waals surface area contributed by atoms with E-state index in [1.54, 1.807) is 17.7 Å². The Balaban J connectivity index is 1.92. The predicted molar refractivity (Wildman–Crippen MR) is 93.5 cm³/mol. The molecule has 3 aromatic rings. The van der Waals surface area contributed by atoms with Gasteiger partial charge in [0.05, 0.1) is 22.9 Å². The van der Waals surface area contributed by atoms with E-state index in [4.69, 9.17) is 0 Å². The minimum atomic E-state index is 0.182. The summed E-state index contributed by atoms with van der Waals surface area (Å²) in [7, 11) is 0. The highest BCUT2D eigenvalue weighted by Crippen LogP contribution is 2.27. The zero-order valence-corrected chi connectivity index (χ0v) is 12.9. The van der Waals surface area contributed by atoms with Crippen molar-refractivity contribution in [3.8, 4) is 5.75 Å². The zero-order valence-electron chi connectivity index (χ0n) is 12.0. The van der Waals surface area contributed by atoms with Crippen LogP contribution in [-0.2, 0) is 0 Å². The fraction of sp³-hybridized carbons (Fsp3) is 0.0588. The Kier molecular flexibility index (Phi) is 3.98. The van der Waals surface area contributed by atoms with Gasteiger partial charge in [0.15, 0.2) is 0 Å². The monoisotopic (exact) mass is 309 g/mol. The van der Waals surface area contributed by atoms with Gasteiger partial charge < -0.3 is 10.1 Å². The van der Waals surface area contributed by atoms with Gasteiger partial charge in [-0.25, -0.2) is 4.98 Å². The van der Waals surface area contributed by atoms with Crippen molar-refractivity contribution in [2.24, 2.45) is 4.99 Å². The number of aromatic nitrogens is 2. The molecule has 0 radical (unpaired) electrons. The van der Waals surface area contributed by atoms with Gasteiger partial charge in [-0.15, -0.1) is 12.6 Å². The predicted octanol–water partition coefficient (Wildman–Crippen LogP) is 3.92. The molecule has 0 aliphatic carbocycles. The molecular formula is C17H15N3OS. The van der Waals surface area contributed by atoms with Crippen molar-refractivity contribution >= 4 is 35.6 Å². The normalized spacial score (nSPS) is 12.4. The van der Waals surface area contributed by atoms with E-state index in [1.165, 1.54) is 0 Å². The molecule has 0 unspecified atom stereocenters. The molecule has 2 aromatic carbocycles. The van der Waals surface area contributed by atoms with Gasteiger partial charge in [-0.2, -0.15) is 0 Å². The third-order valence-electron chi connectivity index (χ3n) is 3.29. The number of phenols is 1. The van der Waals surface area contributed by atoms with Crippen LogP contribution >= 0.6 is 12.6 Å². The van der Waals surface area contributed by atoms with E-state index in [0.29, 0.717) is 17.1 Å². The molecule has 1 aromatic heterocycles. The minimum Gasteiger partial charge on any atom is -0.507 e. The molecule has 0 aliphatic rings. The quantitative estimate of drug-likeness (QED) is 0.507. The van der Waals surface area contributed by atoms with Gasteiger partial charge in [0.25, 0.3) is 0 Å². The lowest BCUT2D eigenvalue weighted by Crippen LogP contribution is -1.87. The number of rotatable bonds is 3. The van der Waals surface area contributed by atoms with E-state index in [-0.39, 0.29) is 5.75 Å². The van der Waals surface area contributed by atoms with Crippen LogP contribution in [0.1, 0.15) is 17.0 Å². The average Bonchev–Trinajstić information content (AvgIpc) is 2.92. The Morgan fingerprint density at radius 2 is 2.09 bits per heavy atom. The summed E-state index contributed by atoms with van der Waals surface area (Å²) in [6.45, 7) is 1.92. The van der Waals surface area contributed by atoms with Gasteiger partial charge in [-0.1, -0.05) is 18.2 Å². The zero-order chi connectivity index (χ0) is 15.5. The van der Waals surface area contributed by atoms with Crippen LogP contribution in [0.2, 0.25) is 0 Å². The summed E-state index contributed by atoms with van der Waals surface area (Å²) in [4.78, 5) is 12.0. The summed E-state index contributed by atoms with van der Waals surface area (Å²) in [6.07, 6.45) is 1.63. The van der Waals surface area contributed by atoms with Crippen LogP contribution in [-0.4, -0.2) is 21.3 Å². The molecule has 110 valence electrons. The maximum absolute atomic E-state index is 10.0. The van der Waals surface area contributed by atoms with Crippen molar-refractivity contribution in [2.45, 2.75) is 6.92 Å². The first kappa shape index (κ1) is 14.4. The topological polar surface area (TPSA) is 61.3 Å². The number of aromatic hydroxyl groups is 1. The van der Waals surface area contributed by atoms with Crippen molar-refractivity contribution in [1.29, 1.82) is 0 Å². The number of benzene rings is 2. The highest BCUT2D eigenvalue weighted by molar-refractivity contribution is 7.83. The molecule has 0 atom stereocenters. The lowest BCUT2D eigenvalue weighted by atomic mass is 10.1. The molecule has 3 rings (SSSR count). The summed E-state index contributed by atoms with van der Waals surface area (Å²) in [5, 5.41) is 11.6. The first-order valence-corrected chi connectivity index (χ1v) is 7.32. The maximum atomic E-state index is 10.0. The van der Waals surface area contributed by atoms with E-state index in [1.807, 2.05) is 43.3 Å². The van der Waals surface area contributed by atoms with Gasteiger partial charge in [0.2, 0.25) is 0 Å². The molecule has 0 fully saturated rings. The van der Waals surface area contributed by atoms with Crippen LogP contribution in [0.3, 0.4) is 0 Å². The van der Waals surface area contributed by atoms with E-state index in [2.05, 4.69) is 27.6 Å². The Hall–Kier alpha value is -2.53. The largest absolute Gasteiger partial charge is 0.507 e. The number of aryl methyl sites for hydroxylation is 1. The van der Waals surface area contributed by atoms with Crippen molar-refractivity contribution < 1.29 is 5.11 Å². The fourth-order valence-electron chi connectivity index (χ4n) is 2.20. The molecule has 0 spiro atoms. The smallest absolute Gasteiger partial charge is 0.149 e. The van der Waals surface area contributed by atoms with Crippen LogP contribution in [0.15, 0.2) is 52.9 Å². The molecule has 0 bridgehead atoms. The molecular weight excluding hydrogens is 294 g/mol. The molecule has 2 N–H and O–H groups in total. The molecule has 0 saturated carbocycles. The Labute approximate surface area is 133 Å². The summed E-state index contributed by atoms with van der Waals surface area (Å²) in [6, 6.07) is 13.2.